The van der Waals surface area contributed by atoms with E-state index in [9.17, 15) is 24.3 Å². The van der Waals surface area contributed by atoms with Crippen molar-refractivity contribution in [1.82, 2.24) is 4.90 Å². The van der Waals surface area contributed by atoms with Crippen molar-refractivity contribution in [1.29, 1.82) is 0 Å². The maximum Gasteiger partial charge on any atom is 0.335 e. The van der Waals surface area contributed by atoms with E-state index in [2.05, 4.69) is 9.47 Å². The monoisotopic (exact) mass is 333 g/mol. The largest absolute Gasteiger partial charge is 0.467 e. The van der Waals surface area contributed by atoms with Gasteiger partial charge in [-0.15, -0.1) is 0 Å². The van der Waals surface area contributed by atoms with Crippen LogP contribution in [0.2, 0.25) is 0 Å². The third-order valence-corrected chi connectivity index (χ3v) is 4.32. The van der Waals surface area contributed by atoms with Gasteiger partial charge in [-0.1, -0.05) is 6.92 Å². The number of hydrogen-bond acceptors (Lipinski definition) is 8. The number of thioether (sulfide) groups is 1. The van der Waals surface area contributed by atoms with Gasteiger partial charge in [0.05, 0.1) is 14.2 Å². The molecule has 0 spiro atoms. The molecule has 1 N–H and O–H groups in total. The Morgan fingerprint density at radius 2 is 1.86 bits per heavy atom. The first kappa shape index (κ1) is 18.4. The fourth-order valence-corrected chi connectivity index (χ4v) is 3.02. The van der Waals surface area contributed by atoms with Crippen LogP contribution in [-0.4, -0.2) is 71.6 Å². The number of carbonyl (C=O) groups is 4. The Morgan fingerprint density at radius 1 is 1.27 bits per heavy atom. The SMILES string of the molecule is COC(=O)C(O)CSCC(C(=O)OC)N1C(=O)CC(C)C1=O. The highest BCUT2D eigenvalue weighted by Gasteiger charge is 2.43. The van der Waals surface area contributed by atoms with Gasteiger partial charge in [0.15, 0.2) is 6.10 Å². The molecule has 0 radical (unpaired) electrons. The van der Waals surface area contributed by atoms with Gasteiger partial charge in [0.25, 0.3) is 0 Å². The highest BCUT2D eigenvalue weighted by atomic mass is 32.2. The van der Waals surface area contributed by atoms with Crippen molar-refractivity contribution in [3.63, 3.8) is 0 Å². The number of ether oxygens (including phenoxy) is 2. The third kappa shape index (κ3) is 4.20. The van der Waals surface area contributed by atoms with Crippen molar-refractivity contribution in [2.75, 3.05) is 25.7 Å². The fraction of sp³-hybridized carbons (Fsp3) is 0.692. The minimum absolute atomic E-state index is 0.0219. The summed E-state index contributed by atoms with van der Waals surface area (Å²) >= 11 is 1.05. The van der Waals surface area contributed by atoms with Crippen molar-refractivity contribution in [3.05, 3.63) is 0 Å². The van der Waals surface area contributed by atoms with Gasteiger partial charge in [-0.3, -0.25) is 14.5 Å². The Kier molecular flexibility index (Phi) is 6.82. The van der Waals surface area contributed by atoms with Crippen LogP contribution >= 0.6 is 11.8 Å². The van der Waals surface area contributed by atoms with Gasteiger partial charge in [0, 0.05) is 23.8 Å². The summed E-state index contributed by atoms with van der Waals surface area (Å²) in [5.41, 5.74) is 0. The molecule has 1 fully saturated rings. The number of aliphatic hydroxyl groups is 1. The number of carbonyl (C=O) groups excluding carboxylic acids is 4. The first-order valence-corrected chi connectivity index (χ1v) is 7.76. The van der Waals surface area contributed by atoms with E-state index in [1.54, 1.807) is 6.92 Å². The molecule has 1 aliphatic heterocycles. The van der Waals surface area contributed by atoms with Crippen LogP contribution in [0.5, 0.6) is 0 Å². The van der Waals surface area contributed by atoms with E-state index < -0.39 is 41.8 Å². The molecule has 0 bridgehead atoms. The average molecular weight is 333 g/mol. The predicted octanol–water partition coefficient (Wildman–Crippen LogP) is -0.810. The molecule has 1 heterocycles. The van der Waals surface area contributed by atoms with E-state index in [-0.39, 0.29) is 17.9 Å². The van der Waals surface area contributed by atoms with Crippen LogP contribution in [-0.2, 0) is 28.7 Å². The van der Waals surface area contributed by atoms with Crippen LogP contribution < -0.4 is 0 Å². The average Bonchev–Trinajstić information content (AvgIpc) is 2.75. The Hall–Kier alpha value is -1.61. The number of imide groups is 1. The predicted molar refractivity (Wildman–Crippen MR) is 76.8 cm³/mol. The second kappa shape index (κ2) is 8.14. The van der Waals surface area contributed by atoms with Crippen LogP contribution in [0.1, 0.15) is 13.3 Å². The molecule has 0 aromatic carbocycles. The highest BCUT2D eigenvalue weighted by Crippen LogP contribution is 2.24. The van der Waals surface area contributed by atoms with Crippen molar-refractivity contribution in [2.45, 2.75) is 25.5 Å². The molecule has 0 aliphatic carbocycles. The summed E-state index contributed by atoms with van der Waals surface area (Å²) in [6, 6.07) is -1.07. The topological polar surface area (TPSA) is 110 Å². The zero-order valence-electron chi connectivity index (χ0n) is 12.6. The molecule has 22 heavy (non-hydrogen) atoms. The first-order chi connectivity index (χ1) is 10.3. The van der Waals surface area contributed by atoms with Crippen LogP contribution in [0.4, 0.5) is 0 Å². The van der Waals surface area contributed by atoms with Crippen molar-refractivity contribution < 1.29 is 33.8 Å². The van der Waals surface area contributed by atoms with Gasteiger partial charge in [-0.2, -0.15) is 11.8 Å². The standard InChI is InChI=1S/C13H19NO7S/c1-7-4-10(16)14(11(7)17)8(12(18)20-2)5-22-6-9(15)13(19)21-3/h7-9,15H,4-6H2,1-3H3. The minimum Gasteiger partial charge on any atom is -0.467 e. The Balaban J connectivity index is 2.70. The van der Waals surface area contributed by atoms with Crippen LogP contribution in [0.3, 0.4) is 0 Å². The number of likely N-dealkylation sites (tertiary alicyclic amines) is 1. The molecule has 3 unspecified atom stereocenters. The lowest BCUT2D eigenvalue weighted by Gasteiger charge is -2.24. The normalized spacial score (nSPS) is 20.7. The third-order valence-electron chi connectivity index (χ3n) is 3.22. The summed E-state index contributed by atoms with van der Waals surface area (Å²) in [6.45, 7) is 1.61. The Labute approximate surface area is 132 Å². The molecule has 1 saturated heterocycles. The van der Waals surface area contributed by atoms with E-state index in [0.717, 1.165) is 30.9 Å². The zero-order chi connectivity index (χ0) is 16.9. The van der Waals surface area contributed by atoms with E-state index in [1.807, 2.05) is 0 Å². The van der Waals surface area contributed by atoms with Crippen LogP contribution in [0, 0.1) is 5.92 Å². The molecule has 1 rings (SSSR count). The van der Waals surface area contributed by atoms with Crippen LogP contribution in [0.15, 0.2) is 0 Å². The van der Waals surface area contributed by atoms with Crippen LogP contribution in [0.25, 0.3) is 0 Å². The molecule has 0 aromatic heterocycles. The Morgan fingerprint density at radius 3 is 2.32 bits per heavy atom. The van der Waals surface area contributed by atoms with Gasteiger partial charge in [0.2, 0.25) is 11.8 Å². The zero-order valence-corrected chi connectivity index (χ0v) is 13.4. The minimum atomic E-state index is -1.34. The van der Waals surface area contributed by atoms with Gasteiger partial charge in [-0.05, 0) is 0 Å². The van der Waals surface area contributed by atoms with Crippen molar-refractivity contribution >= 4 is 35.5 Å². The Bertz CT molecular complexity index is 467. The lowest BCUT2D eigenvalue weighted by molar-refractivity contribution is -0.155. The van der Waals surface area contributed by atoms with Gasteiger partial charge < -0.3 is 14.6 Å². The lowest BCUT2D eigenvalue weighted by atomic mass is 10.1. The number of amides is 2. The lowest BCUT2D eigenvalue weighted by Crippen LogP contribution is -2.47. The first-order valence-electron chi connectivity index (χ1n) is 6.60. The second-order valence-electron chi connectivity index (χ2n) is 4.82. The molecule has 124 valence electrons. The van der Waals surface area contributed by atoms with Gasteiger partial charge in [0.1, 0.15) is 6.04 Å². The van der Waals surface area contributed by atoms with E-state index >= 15 is 0 Å². The number of methoxy groups -OCH3 is 2. The number of rotatable bonds is 7. The summed E-state index contributed by atoms with van der Waals surface area (Å²) in [5, 5.41) is 9.48. The molecule has 3 atom stereocenters. The van der Waals surface area contributed by atoms with E-state index in [1.165, 1.54) is 0 Å². The number of nitrogens with zero attached hydrogens (tertiary/aromatic N) is 1. The number of esters is 2. The smallest absolute Gasteiger partial charge is 0.335 e. The number of hydrogen-bond donors (Lipinski definition) is 1. The maximum atomic E-state index is 12.0. The molecule has 0 saturated carbocycles. The molecule has 8 nitrogen and oxygen atoms in total. The molecular weight excluding hydrogens is 314 g/mol. The number of aliphatic hydroxyl groups excluding tert-OH is 1. The summed E-state index contributed by atoms with van der Waals surface area (Å²) < 4.78 is 9.00. The second-order valence-corrected chi connectivity index (χ2v) is 5.90. The summed E-state index contributed by atoms with van der Waals surface area (Å²) in [4.78, 5) is 47.7. The van der Waals surface area contributed by atoms with Crippen molar-refractivity contribution in [2.24, 2.45) is 5.92 Å². The van der Waals surface area contributed by atoms with Crippen molar-refractivity contribution in [3.8, 4) is 0 Å². The highest BCUT2D eigenvalue weighted by molar-refractivity contribution is 7.99. The van der Waals surface area contributed by atoms with Gasteiger partial charge >= 0.3 is 11.9 Å². The molecule has 2 amide bonds. The quantitative estimate of drug-likeness (QED) is 0.476. The van der Waals surface area contributed by atoms with Gasteiger partial charge in [-0.25, -0.2) is 9.59 Å². The molecular formula is C13H19NO7S. The van der Waals surface area contributed by atoms with E-state index in [0.29, 0.717) is 0 Å². The molecule has 0 aromatic rings. The summed E-state index contributed by atoms with van der Waals surface area (Å²) in [6.07, 6.45) is -1.28. The van der Waals surface area contributed by atoms with E-state index in [4.69, 9.17) is 0 Å². The molecule has 9 heteroatoms. The fourth-order valence-electron chi connectivity index (χ4n) is 2.01. The molecule has 1 aliphatic rings. The summed E-state index contributed by atoms with van der Waals surface area (Å²) in [5.74, 6) is -2.81. The maximum absolute atomic E-state index is 12.0. The summed E-state index contributed by atoms with van der Waals surface area (Å²) in [7, 11) is 2.31.